The van der Waals surface area contributed by atoms with Crippen LogP contribution in [0.5, 0.6) is 5.88 Å². The Morgan fingerprint density at radius 1 is 0.903 bits per heavy atom. The summed E-state index contributed by atoms with van der Waals surface area (Å²) >= 11 is 0. The number of pyridine rings is 1. The Hall–Kier alpha value is -3.38. The predicted molar refractivity (Wildman–Crippen MR) is 125 cm³/mol. The van der Waals surface area contributed by atoms with Gasteiger partial charge in [-0.3, -0.25) is 4.99 Å². The first-order chi connectivity index (χ1) is 15.3. The van der Waals surface area contributed by atoms with Crippen molar-refractivity contribution in [1.29, 1.82) is 0 Å². The minimum atomic E-state index is 0.215. The topological polar surface area (TPSA) is 67.8 Å². The Labute approximate surface area is 184 Å². The van der Waals surface area contributed by atoms with E-state index in [0.717, 1.165) is 18.1 Å². The van der Waals surface area contributed by atoms with E-state index in [-0.39, 0.29) is 5.92 Å². The van der Waals surface area contributed by atoms with Crippen LogP contribution in [-0.2, 0) is 11.3 Å². The molecule has 0 amide bonds. The van der Waals surface area contributed by atoms with Gasteiger partial charge >= 0.3 is 0 Å². The van der Waals surface area contributed by atoms with E-state index in [1.165, 1.54) is 11.1 Å². The lowest BCUT2D eigenvalue weighted by Crippen LogP contribution is -2.39. The SMILES string of the molecule is CN=C(NCc1cccnc1OCCOC)NCC(c1ccccc1)c1ccccc1. The summed E-state index contributed by atoms with van der Waals surface area (Å²) in [6.07, 6.45) is 1.73. The first-order valence-corrected chi connectivity index (χ1v) is 10.4. The molecule has 162 valence electrons. The van der Waals surface area contributed by atoms with Crippen molar-refractivity contribution in [3.8, 4) is 5.88 Å². The third-order valence-corrected chi connectivity index (χ3v) is 4.92. The highest BCUT2D eigenvalue weighted by atomic mass is 16.5. The van der Waals surface area contributed by atoms with Crippen LogP contribution in [0.3, 0.4) is 0 Å². The summed E-state index contributed by atoms with van der Waals surface area (Å²) in [6, 6.07) is 24.9. The van der Waals surface area contributed by atoms with Crippen LogP contribution in [0.1, 0.15) is 22.6 Å². The molecular formula is C25H30N4O2. The molecule has 0 fully saturated rings. The number of aliphatic imine (C=N–C) groups is 1. The molecule has 0 bridgehead atoms. The lowest BCUT2D eigenvalue weighted by molar-refractivity contribution is 0.143. The molecular weight excluding hydrogens is 388 g/mol. The number of hydrogen-bond donors (Lipinski definition) is 2. The summed E-state index contributed by atoms with van der Waals surface area (Å²) in [4.78, 5) is 8.71. The molecule has 0 atom stereocenters. The van der Waals surface area contributed by atoms with E-state index in [2.05, 4.69) is 69.1 Å². The van der Waals surface area contributed by atoms with Crippen molar-refractivity contribution < 1.29 is 9.47 Å². The van der Waals surface area contributed by atoms with Gasteiger partial charge in [0.05, 0.1) is 6.61 Å². The summed E-state index contributed by atoms with van der Waals surface area (Å²) in [5.74, 6) is 1.55. The number of guanidine groups is 1. The van der Waals surface area contributed by atoms with Gasteiger partial charge in [0, 0.05) is 44.9 Å². The second-order valence-corrected chi connectivity index (χ2v) is 6.99. The van der Waals surface area contributed by atoms with Crippen molar-refractivity contribution >= 4 is 5.96 Å². The van der Waals surface area contributed by atoms with Crippen LogP contribution in [0.25, 0.3) is 0 Å². The first kappa shape index (κ1) is 22.3. The number of rotatable bonds is 10. The maximum absolute atomic E-state index is 5.72. The van der Waals surface area contributed by atoms with Crippen LogP contribution in [0, 0.1) is 0 Å². The molecule has 3 aromatic rings. The highest BCUT2D eigenvalue weighted by Gasteiger charge is 2.14. The summed E-state index contributed by atoms with van der Waals surface area (Å²) in [5.41, 5.74) is 3.49. The van der Waals surface area contributed by atoms with Crippen LogP contribution >= 0.6 is 0 Å². The standard InChI is InChI=1S/C25H30N4O2/c1-26-25(28-18-22-14-9-15-27-24(22)31-17-16-30-2)29-19-23(20-10-5-3-6-11-20)21-12-7-4-8-13-21/h3-15,23H,16-19H2,1-2H3,(H2,26,28,29). The van der Waals surface area contributed by atoms with Gasteiger partial charge < -0.3 is 20.1 Å². The average molecular weight is 419 g/mol. The highest BCUT2D eigenvalue weighted by Crippen LogP contribution is 2.23. The lowest BCUT2D eigenvalue weighted by atomic mass is 9.91. The fourth-order valence-electron chi connectivity index (χ4n) is 3.31. The van der Waals surface area contributed by atoms with Crippen molar-refractivity contribution in [2.24, 2.45) is 4.99 Å². The molecule has 0 radical (unpaired) electrons. The Kier molecular flexibility index (Phi) is 8.88. The van der Waals surface area contributed by atoms with E-state index >= 15 is 0 Å². The van der Waals surface area contributed by atoms with Crippen molar-refractivity contribution in [2.75, 3.05) is 33.9 Å². The third kappa shape index (κ3) is 6.83. The van der Waals surface area contributed by atoms with Gasteiger partial charge in [0.25, 0.3) is 0 Å². The number of aromatic nitrogens is 1. The first-order valence-electron chi connectivity index (χ1n) is 10.4. The zero-order valence-corrected chi connectivity index (χ0v) is 18.1. The van der Waals surface area contributed by atoms with Gasteiger partial charge in [-0.05, 0) is 17.2 Å². The number of ether oxygens (including phenoxy) is 2. The third-order valence-electron chi connectivity index (χ3n) is 4.92. The van der Waals surface area contributed by atoms with Crippen molar-refractivity contribution in [3.05, 3.63) is 95.7 Å². The summed E-state index contributed by atoms with van der Waals surface area (Å²) in [7, 11) is 3.42. The zero-order valence-electron chi connectivity index (χ0n) is 18.1. The molecule has 0 unspecified atom stereocenters. The van der Waals surface area contributed by atoms with E-state index in [0.29, 0.717) is 25.6 Å². The number of hydrogen-bond acceptors (Lipinski definition) is 4. The van der Waals surface area contributed by atoms with E-state index in [1.54, 1.807) is 20.4 Å². The normalized spacial score (nSPS) is 11.4. The smallest absolute Gasteiger partial charge is 0.218 e. The van der Waals surface area contributed by atoms with Crippen LogP contribution < -0.4 is 15.4 Å². The second kappa shape index (κ2) is 12.3. The van der Waals surface area contributed by atoms with Gasteiger partial charge in [-0.25, -0.2) is 4.98 Å². The van der Waals surface area contributed by atoms with Gasteiger partial charge in [-0.1, -0.05) is 66.7 Å². The van der Waals surface area contributed by atoms with Crippen LogP contribution in [-0.4, -0.2) is 44.9 Å². The van der Waals surface area contributed by atoms with Crippen LogP contribution in [0.15, 0.2) is 84.0 Å². The monoisotopic (exact) mass is 418 g/mol. The number of benzene rings is 2. The predicted octanol–water partition coefficient (Wildman–Crippen LogP) is 3.60. The zero-order chi connectivity index (χ0) is 21.7. The van der Waals surface area contributed by atoms with Gasteiger partial charge in [-0.2, -0.15) is 0 Å². The van der Waals surface area contributed by atoms with Gasteiger partial charge in [0.1, 0.15) is 6.61 Å². The maximum Gasteiger partial charge on any atom is 0.218 e. The number of methoxy groups -OCH3 is 1. The average Bonchev–Trinajstić information content (AvgIpc) is 2.83. The summed E-state index contributed by atoms with van der Waals surface area (Å²) in [5, 5.41) is 6.83. The molecule has 0 saturated heterocycles. The molecule has 0 saturated carbocycles. The molecule has 0 aliphatic carbocycles. The molecule has 2 N–H and O–H groups in total. The summed E-state index contributed by atoms with van der Waals surface area (Å²) in [6.45, 7) is 2.26. The number of nitrogens with one attached hydrogen (secondary N) is 2. The molecule has 1 heterocycles. The fraction of sp³-hybridized carbons (Fsp3) is 0.280. The van der Waals surface area contributed by atoms with E-state index in [4.69, 9.17) is 9.47 Å². The number of nitrogens with zero attached hydrogens (tertiary/aromatic N) is 2. The molecule has 1 aromatic heterocycles. The maximum atomic E-state index is 5.72. The molecule has 3 rings (SSSR count). The van der Waals surface area contributed by atoms with Crippen molar-refractivity contribution in [1.82, 2.24) is 15.6 Å². The Balaban J connectivity index is 1.63. The molecule has 2 aromatic carbocycles. The molecule has 0 aliphatic heterocycles. The van der Waals surface area contributed by atoms with E-state index in [1.807, 2.05) is 24.3 Å². The lowest BCUT2D eigenvalue weighted by Gasteiger charge is -2.21. The van der Waals surface area contributed by atoms with Gasteiger partial charge in [-0.15, -0.1) is 0 Å². The van der Waals surface area contributed by atoms with Crippen molar-refractivity contribution in [3.63, 3.8) is 0 Å². The largest absolute Gasteiger partial charge is 0.475 e. The van der Waals surface area contributed by atoms with E-state index < -0.39 is 0 Å². The minimum absolute atomic E-state index is 0.215. The van der Waals surface area contributed by atoms with Crippen LogP contribution in [0.4, 0.5) is 0 Å². The Morgan fingerprint density at radius 2 is 1.58 bits per heavy atom. The summed E-state index contributed by atoms with van der Waals surface area (Å²) < 4.78 is 10.8. The second-order valence-electron chi connectivity index (χ2n) is 6.99. The molecule has 31 heavy (non-hydrogen) atoms. The Morgan fingerprint density at radius 3 is 2.19 bits per heavy atom. The van der Waals surface area contributed by atoms with E-state index in [9.17, 15) is 0 Å². The molecule has 0 spiro atoms. The van der Waals surface area contributed by atoms with Crippen LogP contribution in [0.2, 0.25) is 0 Å². The van der Waals surface area contributed by atoms with Crippen molar-refractivity contribution in [2.45, 2.75) is 12.5 Å². The van der Waals surface area contributed by atoms with Gasteiger partial charge in [0.15, 0.2) is 5.96 Å². The fourth-order valence-corrected chi connectivity index (χ4v) is 3.31. The highest BCUT2D eigenvalue weighted by molar-refractivity contribution is 5.79. The quantitative estimate of drug-likeness (QED) is 0.299. The minimum Gasteiger partial charge on any atom is -0.475 e. The molecule has 6 heteroatoms. The van der Waals surface area contributed by atoms with Gasteiger partial charge in [0.2, 0.25) is 5.88 Å². The molecule has 6 nitrogen and oxygen atoms in total. The molecule has 0 aliphatic rings. The Bertz CT molecular complexity index is 893.